The third-order valence-electron chi connectivity index (χ3n) is 4.72. The third kappa shape index (κ3) is 2.68. The molecule has 2 aromatic rings. The van der Waals surface area contributed by atoms with Crippen molar-refractivity contribution in [1.29, 1.82) is 0 Å². The van der Waals surface area contributed by atoms with Crippen LogP contribution in [0.25, 0.3) is 0 Å². The Morgan fingerprint density at radius 1 is 1.00 bits per heavy atom. The number of likely N-dealkylation sites (tertiary alicyclic amines) is 1. The molecule has 2 fully saturated rings. The van der Waals surface area contributed by atoms with E-state index in [4.69, 9.17) is 0 Å². The Balaban J connectivity index is 1.37. The van der Waals surface area contributed by atoms with E-state index in [2.05, 4.69) is 36.9 Å². The molecule has 5 nitrogen and oxygen atoms in total. The van der Waals surface area contributed by atoms with Crippen molar-refractivity contribution in [1.82, 2.24) is 19.9 Å². The van der Waals surface area contributed by atoms with Gasteiger partial charge in [0.25, 0.3) is 0 Å². The third-order valence-corrected chi connectivity index (χ3v) is 4.72. The lowest BCUT2D eigenvalue weighted by Crippen LogP contribution is -2.29. The first kappa shape index (κ1) is 13.6. The van der Waals surface area contributed by atoms with Crippen molar-refractivity contribution < 1.29 is 0 Å². The van der Waals surface area contributed by atoms with E-state index in [1.54, 1.807) is 0 Å². The van der Waals surface area contributed by atoms with Crippen molar-refractivity contribution in [2.45, 2.75) is 13.5 Å². The Hall–Kier alpha value is -2.01. The second kappa shape index (κ2) is 5.65. The summed E-state index contributed by atoms with van der Waals surface area (Å²) in [5.74, 6) is 2.35. The molecule has 0 saturated carbocycles. The second-order valence-corrected chi connectivity index (χ2v) is 6.50. The van der Waals surface area contributed by atoms with Crippen molar-refractivity contribution in [3.05, 3.63) is 48.0 Å². The number of rotatable bonds is 3. The molecule has 0 amide bonds. The average Bonchev–Trinajstić information content (AvgIpc) is 3.07. The van der Waals surface area contributed by atoms with Crippen LogP contribution in [-0.2, 0) is 6.54 Å². The molecular weight excluding hydrogens is 274 g/mol. The Kier molecular flexibility index (Phi) is 3.50. The fourth-order valence-electron chi connectivity index (χ4n) is 3.65. The molecule has 0 bridgehead atoms. The van der Waals surface area contributed by atoms with Crippen LogP contribution in [-0.4, -0.2) is 46.0 Å². The van der Waals surface area contributed by atoms with Gasteiger partial charge >= 0.3 is 0 Å². The number of pyridine rings is 1. The molecule has 0 unspecified atom stereocenters. The SMILES string of the molecule is Cc1cnc(N2C[C@H]3CN(Cc4ccccn4)C[C@H]3C2)nc1. The Bertz CT molecular complexity index is 613. The van der Waals surface area contributed by atoms with Crippen LogP contribution < -0.4 is 4.90 Å². The van der Waals surface area contributed by atoms with Gasteiger partial charge in [-0.05, 0) is 36.5 Å². The molecule has 2 aromatic heterocycles. The molecule has 2 saturated heterocycles. The first-order chi connectivity index (χ1) is 10.8. The minimum absolute atomic E-state index is 0.730. The lowest BCUT2D eigenvalue weighted by atomic mass is 10.0. The maximum Gasteiger partial charge on any atom is 0.225 e. The van der Waals surface area contributed by atoms with Crippen LogP contribution in [0, 0.1) is 18.8 Å². The van der Waals surface area contributed by atoms with E-state index in [1.807, 2.05) is 31.6 Å². The highest BCUT2D eigenvalue weighted by Crippen LogP contribution is 2.33. The standard InChI is InChI=1S/C17H21N5/c1-13-6-19-17(20-7-13)22-10-14-8-21(9-15(14)11-22)12-16-4-2-3-5-18-16/h2-7,14-15H,8-12H2,1H3/t14-,15+. The number of anilines is 1. The first-order valence-corrected chi connectivity index (χ1v) is 7.94. The minimum atomic E-state index is 0.730. The van der Waals surface area contributed by atoms with Gasteiger partial charge in [-0.15, -0.1) is 0 Å². The molecule has 0 N–H and O–H groups in total. The number of aryl methyl sites for hydroxylation is 1. The minimum Gasteiger partial charge on any atom is -0.340 e. The quantitative estimate of drug-likeness (QED) is 0.863. The molecule has 22 heavy (non-hydrogen) atoms. The van der Waals surface area contributed by atoms with E-state index >= 15 is 0 Å². The lowest BCUT2D eigenvalue weighted by Gasteiger charge is -2.21. The van der Waals surface area contributed by atoms with Gasteiger partial charge in [0.15, 0.2) is 0 Å². The van der Waals surface area contributed by atoms with Crippen molar-refractivity contribution >= 4 is 5.95 Å². The van der Waals surface area contributed by atoms with Gasteiger partial charge in [0.1, 0.15) is 0 Å². The average molecular weight is 295 g/mol. The first-order valence-electron chi connectivity index (χ1n) is 7.94. The van der Waals surface area contributed by atoms with E-state index in [9.17, 15) is 0 Å². The molecule has 5 heteroatoms. The summed E-state index contributed by atoms with van der Waals surface area (Å²) in [4.78, 5) is 18.2. The van der Waals surface area contributed by atoms with Crippen LogP contribution in [0.2, 0.25) is 0 Å². The Morgan fingerprint density at radius 3 is 2.36 bits per heavy atom. The Labute approximate surface area is 131 Å². The molecule has 2 aliphatic rings. The van der Waals surface area contributed by atoms with Gasteiger partial charge in [-0.1, -0.05) is 6.07 Å². The number of aromatic nitrogens is 3. The van der Waals surface area contributed by atoms with Crippen molar-refractivity contribution in [3.8, 4) is 0 Å². The lowest BCUT2D eigenvalue weighted by molar-refractivity contribution is 0.305. The summed E-state index contributed by atoms with van der Waals surface area (Å²) in [6.07, 6.45) is 5.69. The van der Waals surface area contributed by atoms with E-state index in [0.29, 0.717) is 0 Å². The molecule has 0 aromatic carbocycles. The van der Waals surface area contributed by atoms with Crippen LogP contribution in [0.1, 0.15) is 11.3 Å². The summed E-state index contributed by atoms with van der Waals surface area (Å²) in [6.45, 7) is 7.46. The van der Waals surface area contributed by atoms with Gasteiger partial charge in [-0.2, -0.15) is 0 Å². The summed E-state index contributed by atoms with van der Waals surface area (Å²) >= 11 is 0. The summed E-state index contributed by atoms with van der Waals surface area (Å²) in [7, 11) is 0. The van der Waals surface area contributed by atoms with Crippen molar-refractivity contribution in [2.75, 3.05) is 31.1 Å². The second-order valence-electron chi connectivity index (χ2n) is 6.50. The molecule has 0 radical (unpaired) electrons. The maximum absolute atomic E-state index is 4.47. The van der Waals surface area contributed by atoms with Crippen LogP contribution in [0.4, 0.5) is 5.95 Å². The predicted molar refractivity (Wildman–Crippen MR) is 85.5 cm³/mol. The zero-order valence-corrected chi connectivity index (χ0v) is 12.9. The smallest absolute Gasteiger partial charge is 0.225 e. The topological polar surface area (TPSA) is 45.2 Å². The fraction of sp³-hybridized carbons (Fsp3) is 0.471. The van der Waals surface area contributed by atoms with Gasteiger partial charge in [0.05, 0.1) is 5.69 Å². The Morgan fingerprint density at radius 2 is 1.73 bits per heavy atom. The van der Waals surface area contributed by atoms with Crippen LogP contribution in [0.3, 0.4) is 0 Å². The molecule has 2 atom stereocenters. The van der Waals surface area contributed by atoms with E-state index in [0.717, 1.165) is 56.1 Å². The van der Waals surface area contributed by atoms with Crippen molar-refractivity contribution in [2.24, 2.45) is 11.8 Å². The van der Waals surface area contributed by atoms with Gasteiger partial charge in [0.2, 0.25) is 5.95 Å². The van der Waals surface area contributed by atoms with E-state index in [1.165, 1.54) is 5.69 Å². The predicted octanol–water partition coefficient (Wildman–Crippen LogP) is 1.75. The monoisotopic (exact) mass is 295 g/mol. The summed E-state index contributed by atoms with van der Waals surface area (Å²) in [5, 5.41) is 0. The highest BCUT2D eigenvalue weighted by Gasteiger charge is 2.40. The van der Waals surface area contributed by atoms with Gasteiger partial charge in [-0.3, -0.25) is 9.88 Å². The molecule has 2 aliphatic heterocycles. The molecule has 0 spiro atoms. The van der Waals surface area contributed by atoms with Gasteiger partial charge in [0, 0.05) is 51.3 Å². The molecule has 4 heterocycles. The number of nitrogens with zero attached hydrogens (tertiary/aromatic N) is 5. The fourth-order valence-corrected chi connectivity index (χ4v) is 3.65. The molecule has 0 aliphatic carbocycles. The maximum atomic E-state index is 4.47. The molecule has 114 valence electrons. The van der Waals surface area contributed by atoms with Gasteiger partial charge in [-0.25, -0.2) is 9.97 Å². The largest absolute Gasteiger partial charge is 0.340 e. The van der Waals surface area contributed by atoms with E-state index in [-0.39, 0.29) is 0 Å². The van der Waals surface area contributed by atoms with E-state index < -0.39 is 0 Å². The zero-order valence-electron chi connectivity index (χ0n) is 12.9. The summed E-state index contributed by atoms with van der Waals surface area (Å²) in [6, 6.07) is 6.15. The number of hydrogen-bond donors (Lipinski definition) is 0. The van der Waals surface area contributed by atoms with Crippen LogP contribution in [0.15, 0.2) is 36.8 Å². The normalized spacial score (nSPS) is 24.7. The number of fused-ring (bicyclic) bond motifs is 1. The molecule has 4 rings (SSSR count). The zero-order chi connectivity index (χ0) is 14.9. The van der Waals surface area contributed by atoms with Crippen molar-refractivity contribution in [3.63, 3.8) is 0 Å². The van der Waals surface area contributed by atoms with Crippen LogP contribution in [0.5, 0.6) is 0 Å². The highest BCUT2D eigenvalue weighted by molar-refractivity contribution is 5.33. The number of hydrogen-bond acceptors (Lipinski definition) is 5. The highest BCUT2D eigenvalue weighted by atomic mass is 15.3. The van der Waals surface area contributed by atoms with Gasteiger partial charge < -0.3 is 4.90 Å². The molecular formula is C17H21N5. The summed E-state index contributed by atoms with van der Waals surface area (Å²) < 4.78 is 0. The van der Waals surface area contributed by atoms with Crippen LogP contribution >= 0.6 is 0 Å². The summed E-state index contributed by atoms with van der Waals surface area (Å²) in [5.41, 5.74) is 2.28.